The minimum absolute atomic E-state index is 0.0838. The topological polar surface area (TPSA) is 107 Å². The highest BCUT2D eigenvalue weighted by Crippen LogP contribution is 2.17. The number of carboxylic acids is 1. The number of aryl methyl sites for hydroxylation is 1. The highest BCUT2D eigenvalue weighted by Gasteiger charge is 2.29. The summed E-state index contributed by atoms with van der Waals surface area (Å²) in [4.78, 5) is 38.4. The molecule has 0 spiro atoms. The number of likely N-dealkylation sites (N-methyl/N-ethyl adjacent to an activating group) is 1. The molecule has 23 heavy (non-hydrogen) atoms. The van der Waals surface area contributed by atoms with Gasteiger partial charge in [0.25, 0.3) is 5.91 Å². The second-order valence-corrected chi connectivity index (χ2v) is 5.81. The van der Waals surface area contributed by atoms with Gasteiger partial charge in [0.05, 0.1) is 12.5 Å². The molecule has 0 saturated carbocycles. The number of nitrogens with zero attached hydrogens (tertiary/aromatic N) is 3. The average molecular weight is 322 g/mol. The van der Waals surface area contributed by atoms with Gasteiger partial charge in [0, 0.05) is 25.8 Å². The van der Waals surface area contributed by atoms with Crippen molar-refractivity contribution in [3.63, 3.8) is 0 Å². The molecule has 2 heterocycles. The molecule has 2 amide bonds. The van der Waals surface area contributed by atoms with Crippen LogP contribution in [0.2, 0.25) is 0 Å². The van der Waals surface area contributed by atoms with Gasteiger partial charge in [-0.2, -0.15) is 5.10 Å². The van der Waals surface area contributed by atoms with Crippen LogP contribution in [0.4, 0.5) is 0 Å². The highest BCUT2D eigenvalue weighted by molar-refractivity contribution is 5.94. The molecule has 8 nitrogen and oxygen atoms in total. The van der Waals surface area contributed by atoms with Gasteiger partial charge in [-0.1, -0.05) is 6.92 Å². The van der Waals surface area contributed by atoms with Crippen LogP contribution in [0.15, 0.2) is 6.07 Å². The van der Waals surface area contributed by atoms with Crippen molar-refractivity contribution in [2.75, 3.05) is 26.7 Å². The van der Waals surface area contributed by atoms with Crippen LogP contribution in [0, 0.1) is 5.92 Å². The number of piperidine rings is 1. The molecule has 1 aromatic rings. The van der Waals surface area contributed by atoms with Crippen molar-refractivity contribution in [3.05, 3.63) is 17.5 Å². The zero-order chi connectivity index (χ0) is 17.0. The number of aliphatic carboxylic acids is 1. The van der Waals surface area contributed by atoms with Crippen LogP contribution in [-0.2, 0) is 16.0 Å². The molecule has 1 unspecified atom stereocenters. The maximum atomic E-state index is 12.3. The minimum atomic E-state index is -0.879. The van der Waals surface area contributed by atoms with Crippen LogP contribution in [0.25, 0.3) is 0 Å². The number of aromatic amines is 1. The van der Waals surface area contributed by atoms with Gasteiger partial charge < -0.3 is 14.9 Å². The molecule has 0 aliphatic carbocycles. The van der Waals surface area contributed by atoms with Gasteiger partial charge in [0.2, 0.25) is 5.91 Å². The van der Waals surface area contributed by atoms with E-state index in [2.05, 4.69) is 10.2 Å². The van der Waals surface area contributed by atoms with E-state index in [4.69, 9.17) is 5.11 Å². The normalized spacial score (nSPS) is 17.8. The monoisotopic (exact) mass is 322 g/mol. The third kappa shape index (κ3) is 4.08. The van der Waals surface area contributed by atoms with Gasteiger partial charge in [-0.05, 0) is 25.3 Å². The summed E-state index contributed by atoms with van der Waals surface area (Å²) in [6.45, 7) is 2.61. The maximum Gasteiger partial charge on any atom is 0.308 e. The first-order valence-electron chi connectivity index (χ1n) is 7.72. The van der Waals surface area contributed by atoms with Gasteiger partial charge in [0.15, 0.2) is 0 Å². The highest BCUT2D eigenvalue weighted by atomic mass is 16.4. The van der Waals surface area contributed by atoms with Crippen LogP contribution < -0.4 is 0 Å². The second-order valence-electron chi connectivity index (χ2n) is 5.81. The van der Waals surface area contributed by atoms with Gasteiger partial charge in [-0.15, -0.1) is 0 Å². The van der Waals surface area contributed by atoms with Crippen LogP contribution in [0.3, 0.4) is 0 Å². The van der Waals surface area contributed by atoms with Gasteiger partial charge in [0.1, 0.15) is 5.69 Å². The molecule has 1 saturated heterocycles. The molecule has 1 atom stereocenters. The Hall–Kier alpha value is -2.38. The number of nitrogens with one attached hydrogen (secondary N) is 1. The quantitative estimate of drug-likeness (QED) is 0.814. The number of carbonyl (C=O) groups is 3. The number of aromatic nitrogens is 2. The number of likely N-dealkylation sites (tertiary alicyclic amines) is 1. The first-order chi connectivity index (χ1) is 10.9. The Morgan fingerprint density at radius 2 is 2.22 bits per heavy atom. The van der Waals surface area contributed by atoms with Crippen molar-refractivity contribution in [1.82, 2.24) is 20.0 Å². The summed E-state index contributed by atoms with van der Waals surface area (Å²) < 4.78 is 0. The Labute approximate surface area is 134 Å². The molecule has 2 N–H and O–H groups in total. The summed E-state index contributed by atoms with van der Waals surface area (Å²) in [5, 5.41) is 15.8. The molecule has 126 valence electrons. The van der Waals surface area contributed by atoms with Crippen LogP contribution >= 0.6 is 0 Å². The van der Waals surface area contributed by atoms with E-state index < -0.39 is 11.9 Å². The van der Waals surface area contributed by atoms with Gasteiger partial charge >= 0.3 is 5.97 Å². The lowest BCUT2D eigenvalue weighted by atomic mass is 9.98. The Kier molecular flexibility index (Phi) is 5.36. The van der Waals surface area contributed by atoms with Crippen molar-refractivity contribution in [2.45, 2.75) is 26.2 Å². The maximum absolute atomic E-state index is 12.3. The standard InChI is InChI=1S/C15H22N4O4/c1-3-11-7-12(17-16-11)14(21)18(2)9-13(20)19-6-4-5-10(8-19)15(22)23/h7,10H,3-6,8-9H2,1-2H3,(H,16,17)(H,22,23). The van der Waals surface area contributed by atoms with Gasteiger partial charge in [-0.3, -0.25) is 19.5 Å². The van der Waals surface area contributed by atoms with Gasteiger partial charge in [-0.25, -0.2) is 0 Å². The predicted molar refractivity (Wildman–Crippen MR) is 81.9 cm³/mol. The predicted octanol–water partition coefficient (Wildman–Crippen LogP) is 0.367. The van der Waals surface area contributed by atoms with E-state index in [0.29, 0.717) is 19.4 Å². The van der Waals surface area contributed by atoms with Crippen molar-refractivity contribution < 1.29 is 19.5 Å². The van der Waals surface area contributed by atoms with E-state index in [-0.39, 0.29) is 30.6 Å². The summed E-state index contributed by atoms with van der Waals surface area (Å²) in [5.74, 6) is -1.97. The first kappa shape index (κ1) is 17.0. The van der Waals surface area contributed by atoms with E-state index in [1.165, 1.54) is 9.80 Å². The molecule has 1 fully saturated rings. The molecule has 1 aromatic heterocycles. The summed E-state index contributed by atoms with van der Waals surface area (Å²) in [6, 6.07) is 1.67. The number of H-pyrrole nitrogens is 1. The van der Waals surface area contributed by atoms with E-state index in [1.54, 1.807) is 13.1 Å². The van der Waals surface area contributed by atoms with Crippen molar-refractivity contribution in [3.8, 4) is 0 Å². The van der Waals surface area contributed by atoms with Crippen molar-refractivity contribution >= 4 is 17.8 Å². The number of hydrogen-bond donors (Lipinski definition) is 2. The zero-order valence-corrected chi connectivity index (χ0v) is 13.4. The fourth-order valence-corrected chi connectivity index (χ4v) is 2.63. The number of carboxylic acid groups (broad SMARTS) is 1. The Balaban J connectivity index is 1.93. The van der Waals surface area contributed by atoms with Crippen molar-refractivity contribution in [1.29, 1.82) is 0 Å². The van der Waals surface area contributed by atoms with E-state index in [0.717, 1.165) is 12.1 Å². The van der Waals surface area contributed by atoms with Crippen LogP contribution in [0.5, 0.6) is 0 Å². The summed E-state index contributed by atoms with van der Waals surface area (Å²) >= 11 is 0. The third-order valence-corrected chi connectivity index (χ3v) is 4.07. The Morgan fingerprint density at radius 3 is 2.83 bits per heavy atom. The average Bonchev–Trinajstić information content (AvgIpc) is 3.03. The Bertz CT molecular complexity index is 598. The smallest absolute Gasteiger partial charge is 0.308 e. The minimum Gasteiger partial charge on any atom is -0.481 e. The lowest BCUT2D eigenvalue weighted by Gasteiger charge is -2.31. The van der Waals surface area contributed by atoms with E-state index in [9.17, 15) is 14.4 Å². The third-order valence-electron chi connectivity index (χ3n) is 4.07. The Morgan fingerprint density at radius 1 is 1.48 bits per heavy atom. The fourth-order valence-electron chi connectivity index (χ4n) is 2.63. The number of rotatable bonds is 5. The summed E-state index contributed by atoms with van der Waals surface area (Å²) in [7, 11) is 1.54. The second kappa shape index (κ2) is 7.26. The zero-order valence-electron chi connectivity index (χ0n) is 13.4. The molecule has 1 aliphatic heterocycles. The molecule has 2 rings (SSSR count). The molecule has 0 radical (unpaired) electrons. The lowest BCUT2D eigenvalue weighted by Crippen LogP contribution is -2.46. The summed E-state index contributed by atoms with van der Waals surface area (Å²) in [5.41, 5.74) is 1.13. The lowest BCUT2D eigenvalue weighted by molar-refractivity contribution is -0.145. The number of hydrogen-bond acceptors (Lipinski definition) is 4. The molecular formula is C15H22N4O4. The first-order valence-corrected chi connectivity index (χ1v) is 7.72. The number of carbonyl (C=O) groups excluding carboxylic acids is 2. The SMILES string of the molecule is CCc1cc(C(=O)N(C)CC(=O)N2CCCC(C(=O)O)C2)n[nH]1. The largest absolute Gasteiger partial charge is 0.481 e. The van der Waals surface area contributed by atoms with Crippen molar-refractivity contribution in [2.24, 2.45) is 5.92 Å². The molecular weight excluding hydrogens is 300 g/mol. The molecule has 0 bridgehead atoms. The van der Waals surface area contributed by atoms with E-state index >= 15 is 0 Å². The van der Waals surface area contributed by atoms with Crippen LogP contribution in [-0.4, -0.2) is 69.6 Å². The number of amides is 2. The molecule has 1 aliphatic rings. The molecule has 0 aromatic carbocycles. The van der Waals surface area contributed by atoms with E-state index in [1.807, 2.05) is 6.92 Å². The fraction of sp³-hybridized carbons (Fsp3) is 0.600. The molecule has 8 heteroatoms. The summed E-state index contributed by atoms with van der Waals surface area (Å²) in [6.07, 6.45) is 1.99. The van der Waals surface area contributed by atoms with Crippen LogP contribution in [0.1, 0.15) is 35.9 Å².